The number of ether oxygens (including phenoxy) is 1. The highest BCUT2D eigenvalue weighted by Crippen LogP contribution is 2.37. The van der Waals surface area contributed by atoms with Gasteiger partial charge in [0.15, 0.2) is 5.65 Å². The number of carbonyl (C=O) groups is 1. The van der Waals surface area contributed by atoms with Gasteiger partial charge >= 0.3 is 0 Å². The van der Waals surface area contributed by atoms with Gasteiger partial charge in [0.25, 0.3) is 0 Å². The average Bonchev–Trinajstić information content (AvgIpc) is 3.55. The molecular weight excluding hydrogens is 626 g/mol. The van der Waals surface area contributed by atoms with Crippen molar-refractivity contribution in [2.75, 3.05) is 63.0 Å². The second-order valence-corrected chi connectivity index (χ2v) is 13.9. The number of likely N-dealkylation sites (N-methyl/N-ethyl adjacent to an activating group) is 1. The van der Waals surface area contributed by atoms with Crippen LogP contribution in [0.15, 0.2) is 73.1 Å². The van der Waals surface area contributed by atoms with Gasteiger partial charge in [0.1, 0.15) is 0 Å². The normalized spacial score (nSPS) is 14.8. The monoisotopic (exact) mass is 675 g/mol. The number of rotatable bonds is 13. The molecule has 1 amide bonds. The first-order valence-corrected chi connectivity index (χ1v) is 17.5. The van der Waals surface area contributed by atoms with Crippen molar-refractivity contribution in [2.45, 2.75) is 52.5 Å². The Bertz CT molecular complexity index is 1980. The van der Waals surface area contributed by atoms with Gasteiger partial charge in [-0.1, -0.05) is 57.2 Å². The molecule has 50 heavy (non-hydrogen) atoms. The number of piperidine rings is 1. The van der Waals surface area contributed by atoms with Gasteiger partial charge in [-0.05, 0) is 73.8 Å². The molecule has 262 valence electrons. The Hall–Kier alpha value is -4.87. The first-order chi connectivity index (χ1) is 24.2. The van der Waals surface area contributed by atoms with Crippen molar-refractivity contribution >= 4 is 39.9 Å². The number of nitrogens with one attached hydrogen (secondary N) is 2. The Morgan fingerprint density at radius 3 is 2.64 bits per heavy atom. The van der Waals surface area contributed by atoms with Gasteiger partial charge in [-0.3, -0.25) is 9.78 Å². The molecule has 1 saturated heterocycles. The maximum absolute atomic E-state index is 12.5. The van der Waals surface area contributed by atoms with E-state index in [1.807, 2.05) is 78.4 Å². The average molecular weight is 676 g/mol. The Morgan fingerprint density at radius 1 is 1.10 bits per heavy atom. The van der Waals surface area contributed by atoms with Crippen LogP contribution >= 0.6 is 0 Å². The number of methoxy groups -OCH3 is 1. The predicted molar refractivity (Wildman–Crippen MR) is 202 cm³/mol. The predicted octanol–water partition coefficient (Wildman–Crippen LogP) is 6.77. The van der Waals surface area contributed by atoms with Crippen LogP contribution in [0.1, 0.15) is 57.1 Å². The van der Waals surface area contributed by atoms with Crippen molar-refractivity contribution < 1.29 is 9.53 Å². The highest BCUT2D eigenvalue weighted by Gasteiger charge is 2.34. The topological polar surface area (TPSA) is 113 Å². The lowest BCUT2D eigenvalue weighted by Crippen LogP contribution is -2.43. The van der Waals surface area contributed by atoms with E-state index in [0.717, 1.165) is 89.4 Å². The fourth-order valence-corrected chi connectivity index (χ4v) is 6.74. The molecule has 0 aliphatic carbocycles. The van der Waals surface area contributed by atoms with Crippen molar-refractivity contribution in [3.05, 3.63) is 84.2 Å². The van der Waals surface area contributed by atoms with Gasteiger partial charge in [-0.2, -0.15) is 19.6 Å². The number of aromatic nitrogens is 5. The van der Waals surface area contributed by atoms with E-state index in [0.29, 0.717) is 19.0 Å². The van der Waals surface area contributed by atoms with E-state index in [-0.39, 0.29) is 17.2 Å². The molecule has 0 unspecified atom stereocenters. The summed E-state index contributed by atoms with van der Waals surface area (Å²) >= 11 is 0. The maximum Gasteiger partial charge on any atom is 0.248 e. The molecule has 11 heteroatoms. The summed E-state index contributed by atoms with van der Waals surface area (Å²) in [7, 11) is 5.73. The Kier molecular flexibility index (Phi) is 10.7. The van der Waals surface area contributed by atoms with Gasteiger partial charge in [0.2, 0.25) is 17.8 Å². The van der Waals surface area contributed by atoms with Crippen LogP contribution in [-0.2, 0) is 16.1 Å². The summed E-state index contributed by atoms with van der Waals surface area (Å²) in [5, 5.41) is 13.3. The number of anilines is 3. The van der Waals surface area contributed by atoms with Crippen LogP contribution in [0.2, 0.25) is 0 Å². The van der Waals surface area contributed by atoms with Crippen molar-refractivity contribution in [2.24, 2.45) is 5.41 Å². The molecule has 0 atom stereocenters. The van der Waals surface area contributed by atoms with Gasteiger partial charge in [-0.25, -0.2) is 0 Å². The highest BCUT2D eigenvalue weighted by atomic mass is 16.5. The summed E-state index contributed by atoms with van der Waals surface area (Å²) in [5.74, 6) is 1.49. The largest absolute Gasteiger partial charge is 0.384 e. The molecule has 0 bridgehead atoms. The molecule has 1 aliphatic heterocycles. The van der Waals surface area contributed by atoms with Crippen LogP contribution in [0.4, 0.5) is 17.6 Å². The van der Waals surface area contributed by atoms with Gasteiger partial charge in [0, 0.05) is 67.8 Å². The molecular formula is C39H49N9O2. The smallest absolute Gasteiger partial charge is 0.248 e. The molecule has 0 saturated carbocycles. The number of carbonyl (C=O) groups excluding carboxylic acids is 1. The number of hydrogen-bond acceptors (Lipinski definition) is 9. The highest BCUT2D eigenvalue weighted by molar-refractivity contribution is 6.02. The summed E-state index contributed by atoms with van der Waals surface area (Å²) in [6.07, 6.45) is 10.3. The van der Waals surface area contributed by atoms with Crippen molar-refractivity contribution in [1.82, 2.24) is 29.5 Å². The van der Waals surface area contributed by atoms with Crippen LogP contribution in [-0.4, -0.2) is 82.8 Å². The lowest BCUT2D eigenvalue weighted by atomic mass is 9.77. The van der Waals surface area contributed by atoms with Crippen molar-refractivity contribution in [3.8, 4) is 11.3 Å². The zero-order valence-electron chi connectivity index (χ0n) is 30.1. The molecule has 0 radical (unpaired) electrons. The van der Waals surface area contributed by atoms with E-state index < -0.39 is 0 Å². The molecule has 6 rings (SSSR count). The molecule has 1 fully saturated rings. The van der Waals surface area contributed by atoms with Crippen molar-refractivity contribution in [3.63, 3.8) is 0 Å². The van der Waals surface area contributed by atoms with Gasteiger partial charge < -0.3 is 25.2 Å². The van der Waals surface area contributed by atoms with E-state index in [1.54, 1.807) is 13.2 Å². The molecule has 0 spiro atoms. The molecule has 4 heterocycles. The number of benzene rings is 2. The minimum Gasteiger partial charge on any atom is -0.384 e. The SMILES string of the molecule is CCC1(COC)CCN(c2nc(NCc3ccccc3-c3nccc4cc(NC(=O)/C=C/CN(C)C)ccc34)n3ncc(C(C)C)c3n2)CC1. The lowest BCUT2D eigenvalue weighted by molar-refractivity contribution is -0.111. The van der Waals surface area contributed by atoms with Crippen molar-refractivity contribution in [1.29, 1.82) is 0 Å². The zero-order valence-corrected chi connectivity index (χ0v) is 30.1. The molecule has 2 aromatic carbocycles. The summed E-state index contributed by atoms with van der Waals surface area (Å²) in [6.45, 7) is 10.3. The van der Waals surface area contributed by atoms with Crippen LogP contribution in [0.3, 0.4) is 0 Å². The summed E-state index contributed by atoms with van der Waals surface area (Å²) in [5.41, 5.74) is 5.84. The Balaban J connectivity index is 1.27. The summed E-state index contributed by atoms with van der Waals surface area (Å²) in [4.78, 5) is 31.7. The molecule has 3 aromatic heterocycles. The van der Waals surface area contributed by atoms with Crippen LogP contribution in [0.25, 0.3) is 27.7 Å². The molecule has 1 aliphatic rings. The number of amides is 1. The van der Waals surface area contributed by atoms with E-state index in [9.17, 15) is 4.79 Å². The molecule has 5 aromatic rings. The zero-order chi connectivity index (χ0) is 35.3. The first-order valence-electron chi connectivity index (χ1n) is 17.5. The first kappa shape index (κ1) is 35.0. The maximum atomic E-state index is 12.5. The standard InChI is InChI=1S/C39H49N9O2/c1-7-39(26-50-6)17-21-47(22-18-39)38-44-36-33(27(2)3)25-42-48(36)37(45-38)41-24-29-11-8-9-12-31(29)35-32-15-14-30(23-28(32)16-19-40-35)43-34(49)13-10-20-46(4)5/h8-16,19,23,25,27H,7,17-18,20-22,24,26H2,1-6H3,(H,43,49)(H,41,44,45)/b13-10+. The van der Waals surface area contributed by atoms with Crippen LogP contribution in [0.5, 0.6) is 0 Å². The number of pyridine rings is 1. The van der Waals surface area contributed by atoms with Gasteiger partial charge in [0.05, 0.1) is 18.5 Å². The molecule has 11 nitrogen and oxygen atoms in total. The third-order valence-corrected chi connectivity index (χ3v) is 9.79. The Labute approximate surface area is 294 Å². The third kappa shape index (κ3) is 7.64. The fourth-order valence-electron chi connectivity index (χ4n) is 6.74. The second kappa shape index (κ2) is 15.3. The second-order valence-electron chi connectivity index (χ2n) is 13.9. The van der Waals surface area contributed by atoms with E-state index in [4.69, 9.17) is 24.8 Å². The minimum atomic E-state index is -0.156. The minimum absolute atomic E-state index is 0.156. The van der Waals surface area contributed by atoms with Crippen LogP contribution < -0.4 is 15.5 Å². The van der Waals surface area contributed by atoms with Crippen LogP contribution in [0, 0.1) is 5.41 Å². The number of hydrogen-bond donors (Lipinski definition) is 2. The number of nitrogens with zero attached hydrogens (tertiary/aromatic N) is 7. The van der Waals surface area contributed by atoms with E-state index in [2.05, 4.69) is 48.4 Å². The van der Waals surface area contributed by atoms with E-state index in [1.165, 1.54) is 0 Å². The quantitative estimate of drug-likeness (QED) is 0.131. The lowest BCUT2D eigenvalue weighted by Gasteiger charge is -2.41. The summed E-state index contributed by atoms with van der Waals surface area (Å²) in [6, 6.07) is 16.2. The molecule has 2 N–H and O–H groups in total. The third-order valence-electron chi connectivity index (χ3n) is 9.79. The fraction of sp³-hybridized carbons (Fsp3) is 0.410. The summed E-state index contributed by atoms with van der Waals surface area (Å²) < 4.78 is 7.43. The Morgan fingerprint density at radius 2 is 1.90 bits per heavy atom. The van der Waals surface area contributed by atoms with E-state index >= 15 is 0 Å². The van der Waals surface area contributed by atoms with Gasteiger partial charge in [-0.15, -0.1) is 0 Å². The number of fused-ring (bicyclic) bond motifs is 2.